The van der Waals surface area contributed by atoms with E-state index >= 15 is 0 Å². The van der Waals surface area contributed by atoms with Crippen molar-refractivity contribution in [2.24, 2.45) is 0 Å². The monoisotopic (exact) mass is 417 g/mol. The van der Waals surface area contributed by atoms with Gasteiger partial charge in [0.05, 0.1) is 11.8 Å². The smallest absolute Gasteiger partial charge is 0.226 e. The maximum absolute atomic E-state index is 12.7. The number of aryl methyl sites for hydroxylation is 2. The normalized spacial score (nSPS) is 15.9. The van der Waals surface area contributed by atoms with Gasteiger partial charge in [0.15, 0.2) is 17.3 Å². The topological polar surface area (TPSA) is 99.2 Å². The van der Waals surface area contributed by atoms with E-state index in [0.717, 1.165) is 22.6 Å². The van der Waals surface area contributed by atoms with Crippen LogP contribution < -0.4 is 10.1 Å². The SMILES string of the molecule is Cc1nn(-c2ccc3nnc(C)n3n2)c2c1C(c1ccccc1OC(C)C)CC(=O)N2. The van der Waals surface area contributed by atoms with Crippen LogP contribution in [0.2, 0.25) is 0 Å². The molecule has 3 aromatic heterocycles. The van der Waals surface area contributed by atoms with Crippen molar-refractivity contribution < 1.29 is 9.53 Å². The molecule has 9 nitrogen and oxygen atoms in total. The highest BCUT2D eigenvalue weighted by molar-refractivity contribution is 5.95. The second-order valence-electron chi connectivity index (χ2n) is 7.98. The number of anilines is 1. The first-order valence-electron chi connectivity index (χ1n) is 10.3. The Labute approximate surface area is 179 Å². The summed E-state index contributed by atoms with van der Waals surface area (Å²) in [5, 5.41) is 20.5. The molecule has 9 heteroatoms. The van der Waals surface area contributed by atoms with Crippen LogP contribution in [0.1, 0.15) is 48.8 Å². The van der Waals surface area contributed by atoms with Crippen molar-refractivity contribution in [1.82, 2.24) is 29.6 Å². The van der Waals surface area contributed by atoms with Crippen LogP contribution in [0.15, 0.2) is 36.4 Å². The third-order valence-electron chi connectivity index (χ3n) is 5.38. The van der Waals surface area contributed by atoms with E-state index in [0.29, 0.717) is 29.5 Å². The predicted molar refractivity (Wildman–Crippen MR) is 115 cm³/mol. The Morgan fingerprint density at radius 1 is 1.10 bits per heavy atom. The lowest BCUT2D eigenvalue weighted by atomic mass is 9.85. The molecule has 158 valence electrons. The minimum absolute atomic E-state index is 0.0322. The molecule has 1 aromatic carbocycles. The fourth-order valence-electron chi connectivity index (χ4n) is 4.11. The quantitative estimate of drug-likeness (QED) is 0.547. The molecule has 0 saturated heterocycles. The van der Waals surface area contributed by atoms with Gasteiger partial charge in [0, 0.05) is 23.5 Å². The maximum atomic E-state index is 12.7. The van der Waals surface area contributed by atoms with Crippen LogP contribution in [0.25, 0.3) is 11.5 Å². The maximum Gasteiger partial charge on any atom is 0.226 e. The summed E-state index contributed by atoms with van der Waals surface area (Å²) >= 11 is 0. The fourth-order valence-corrected chi connectivity index (χ4v) is 4.11. The van der Waals surface area contributed by atoms with E-state index in [4.69, 9.17) is 9.84 Å². The molecule has 31 heavy (non-hydrogen) atoms. The Morgan fingerprint density at radius 3 is 2.71 bits per heavy atom. The lowest BCUT2D eigenvalue weighted by Crippen LogP contribution is -2.25. The zero-order valence-electron chi connectivity index (χ0n) is 17.8. The van der Waals surface area contributed by atoms with Crippen molar-refractivity contribution in [1.29, 1.82) is 0 Å². The Bertz CT molecular complexity index is 1300. The zero-order chi connectivity index (χ0) is 21.7. The van der Waals surface area contributed by atoms with Gasteiger partial charge in [-0.1, -0.05) is 18.2 Å². The molecule has 1 atom stereocenters. The lowest BCUT2D eigenvalue weighted by molar-refractivity contribution is -0.116. The zero-order valence-corrected chi connectivity index (χ0v) is 17.8. The molecule has 1 N–H and O–H groups in total. The highest BCUT2D eigenvalue weighted by Gasteiger charge is 2.34. The molecular weight excluding hydrogens is 394 g/mol. The van der Waals surface area contributed by atoms with Crippen molar-refractivity contribution in [3.8, 4) is 11.6 Å². The molecule has 5 rings (SSSR count). The molecule has 1 aliphatic heterocycles. The number of fused-ring (bicyclic) bond motifs is 2. The van der Waals surface area contributed by atoms with E-state index < -0.39 is 0 Å². The second kappa shape index (κ2) is 7.19. The van der Waals surface area contributed by atoms with Gasteiger partial charge in [0.2, 0.25) is 5.91 Å². The van der Waals surface area contributed by atoms with E-state index in [9.17, 15) is 4.79 Å². The molecular formula is C22H23N7O2. The number of nitrogens with zero attached hydrogens (tertiary/aromatic N) is 6. The van der Waals surface area contributed by atoms with E-state index in [2.05, 4.69) is 20.6 Å². The van der Waals surface area contributed by atoms with Crippen molar-refractivity contribution in [3.63, 3.8) is 0 Å². The van der Waals surface area contributed by atoms with Gasteiger partial charge in [-0.05, 0) is 45.9 Å². The third-order valence-corrected chi connectivity index (χ3v) is 5.38. The molecule has 4 heterocycles. The van der Waals surface area contributed by atoms with Crippen LogP contribution in [0.4, 0.5) is 5.82 Å². The van der Waals surface area contributed by atoms with E-state index in [1.165, 1.54) is 0 Å². The molecule has 1 aliphatic rings. The van der Waals surface area contributed by atoms with E-state index in [1.807, 2.05) is 64.1 Å². The summed E-state index contributed by atoms with van der Waals surface area (Å²) in [6.45, 7) is 7.78. The molecule has 1 unspecified atom stereocenters. The van der Waals surface area contributed by atoms with Crippen molar-refractivity contribution >= 4 is 17.4 Å². The highest BCUT2D eigenvalue weighted by Crippen LogP contribution is 2.43. The number of rotatable bonds is 4. The number of nitrogens with one attached hydrogen (secondary N) is 1. The summed E-state index contributed by atoms with van der Waals surface area (Å²) in [7, 11) is 0. The summed E-state index contributed by atoms with van der Waals surface area (Å²) in [6, 6.07) is 11.5. The van der Waals surface area contributed by atoms with E-state index in [-0.39, 0.29) is 17.9 Å². The fraction of sp³-hybridized carbons (Fsp3) is 0.318. The Morgan fingerprint density at radius 2 is 1.90 bits per heavy atom. The molecule has 0 fully saturated rings. The summed E-state index contributed by atoms with van der Waals surface area (Å²) in [5.41, 5.74) is 3.44. The number of carbonyl (C=O) groups is 1. The number of amides is 1. The number of hydrogen-bond donors (Lipinski definition) is 1. The largest absolute Gasteiger partial charge is 0.491 e. The molecule has 0 saturated carbocycles. The number of aromatic nitrogens is 6. The predicted octanol–water partition coefficient (Wildman–Crippen LogP) is 3.19. The second-order valence-corrected chi connectivity index (χ2v) is 7.98. The van der Waals surface area contributed by atoms with Gasteiger partial charge in [0.1, 0.15) is 11.6 Å². The minimum Gasteiger partial charge on any atom is -0.491 e. The average Bonchev–Trinajstić information content (AvgIpc) is 3.27. The van der Waals surface area contributed by atoms with Crippen LogP contribution in [0.5, 0.6) is 5.75 Å². The standard InChI is InChI=1S/C22H23N7O2/c1-12(2)31-17-8-6-5-7-15(17)16-11-20(30)23-22-21(16)13(3)26-29(22)19-10-9-18-25-24-14(4)28(18)27-19/h5-10,12,16H,11H2,1-4H3,(H,23,30). The van der Waals surface area contributed by atoms with Crippen LogP contribution in [-0.4, -0.2) is 41.6 Å². The number of hydrogen-bond acceptors (Lipinski definition) is 6. The Kier molecular flexibility index (Phi) is 4.46. The van der Waals surface area contributed by atoms with Crippen molar-refractivity contribution in [2.45, 2.75) is 46.1 Å². The van der Waals surface area contributed by atoms with Crippen LogP contribution >= 0.6 is 0 Å². The van der Waals surface area contributed by atoms with Gasteiger partial charge >= 0.3 is 0 Å². The number of para-hydroxylation sites is 1. The van der Waals surface area contributed by atoms with Gasteiger partial charge in [-0.15, -0.1) is 15.3 Å². The van der Waals surface area contributed by atoms with Gasteiger partial charge in [0.25, 0.3) is 0 Å². The summed E-state index contributed by atoms with van der Waals surface area (Å²) in [5.74, 6) is 2.45. The highest BCUT2D eigenvalue weighted by atomic mass is 16.5. The van der Waals surface area contributed by atoms with Crippen molar-refractivity contribution in [2.75, 3.05) is 5.32 Å². The Balaban J connectivity index is 1.66. The van der Waals surface area contributed by atoms with Gasteiger partial charge in [-0.2, -0.15) is 14.3 Å². The van der Waals surface area contributed by atoms with Gasteiger partial charge in [-0.25, -0.2) is 0 Å². The van der Waals surface area contributed by atoms with E-state index in [1.54, 1.807) is 9.20 Å². The molecule has 0 aliphatic carbocycles. The van der Waals surface area contributed by atoms with Crippen LogP contribution in [0.3, 0.4) is 0 Å². The number of benzene rings is 1. The van der Waals surface area contributed by atoms with Gasteiger partial charge in [-0.3, -0.25) is 4.79 Å². The first-order valence-corrected chi connectivity index (χ1v) is 10.3. The van der Waals surface area contributed by atoms with Crippen LogP contribution in [0, 0.1) is 13.8 Å². The first-order chi connectivity index (χ1) is 14.9. The lowest BCUT2D eigenvalue weighted by Gasteiger charge is -2.26. The summed E-state index contributed by atoms with van der Waals surface area (Å²) < 4.78 is 9.38. The summed E-state index contributed by atoms with van der Waals surface area (Å²) in [4.78, 5) is 12.7. The van der Waals surface area contributed by atoms with Crippen molar-refractivity contribution in [3.05, 3.63) is 59.0 Å². The minimum atomic E-state index is -0.159. The molecule has 1 amide bonds. The molecule has 0 radical (unpaired) electrons. The average molecular weight is 417 g/mol. The molecule has 0 spiro atoms. The Hall–Kier alpha value is -3.75. The third kappa shape index (κ3) is 3.22. The molecule has 0 bridgehead atoms. The van der Waals surface area contributed by atoms with Crippen LogP contribution in [-0.2, 0) is 4.79 Å². The number of carbonyl (C=O) groups excluding carboxylic acids is 1. The summed E-state index contributed by atoms with van der Waals surface area (Å²) in [6.07, 6.45) is 0.361. The molecule has 4 aromatic rings. The first kappa shape index (κ1) is 19.2. The number of ether oxygens (including phenoxy) is 1. The van der Waals surface area contributed by atoms with Gasteiger partial charge < -0.3 is 10.1 Å².